The molecule has 1 aliphatic heterocycles. The number of likely N-dealkylation sites (tertiary alicyclic amines) is 1. The molecule has 1 aromatic rings. The molecule has 0 amide bonds. The summed E-state index contributed by atoms with van der Waals surface area (Å²) in [7, 11) is 0. The molecular weight excluding hydrogens is 224 g/mol. The van der Waals surface area contributed by atoms with Crippen LogP contribution in [-0.2, 0) is 0 Å². The second-order valence-corrected chi connectivity index (χ2v) is 4.91. The lowest BCUT2D eigenvalue weighted by Crippen LogP contribution is -2.36. The number of nitriles is 1. The summed E-state index contributed by atoms with van der Waals surface area (Å²) < 4.78 is 5.71. The molecule has 3 heteroatoms. The van der Waals surface area contributed by atoms with E-state index in [0.717, 1.165) is 44.8 Å². The summed E-state index contributed by atoms with van der Waals surface area (Å²) >= 11 is 0. The van der Waals surface area contributed by atoms with Crippen molar-refractivity contribution < 1.29 is 4.74 Å². The first kappa shape index (κ1) is 12.9. The first-order valence-electron chi connectivity index (χ1n) is 6.59. The summed E-state index contributed by atoms with van der Waals surface area (Å²) in [5.41, 5.74) is 1.25. The molecule has 0 aromatic heterocycles. The lowest BCUT2D eigenvalue weighted by atomic mass is 9.99. The van der Waals surface area contributed by atoms with Crippen molar-refractivity contribution in [1.82, 2.24) is 4.90 Å². The van der Waals surface area contributed by atoms with Crippen LogP contribution in [-0.4, -0.2) is 31.1 Å². The van der Waals surface area contributed by atoms with Crippen LogP contribution in [0.2, 0.25) is 0 Å². The van der Waals surface area contributed by atoms with Crippen LogP contribution in [0.4, 0.5) is 0 Å². The van der Waals surface area contributed by atoms with Gasteiger partial charge in [-0.1, -0.05) is 17.7 Å². The predicted octanol–water partition coefficient (Wildman–Crippen LogP) is 2.61. The number of aryl methyl sites for hydroxylation is 1. The van der Waals surface area contributed by atoms with E-state index in [0.29, 0.717) is 0 Å². The lowest BCUT2D eigenvalue weighted by Gasteiger charge is -2.28. The maximum atomic E-state index is 8.83. The molecule has 1 aromatic carbocycles. The van der Waals surface area contributed by atoms with Crippen molar-refractivity contribution in [2.45, 2.75) is 19.8 Å². The van der Waals surface area contributed by atoms with Gasteiger partial charge in [0.05, 0.1) is 6.07 Å². The van der Waals surface area contributed by atoms with Crippen LogP contribution in [0.5, 0.6) is 5.75 Å². The maximum absolute atomic E-state index is 8.83. The molecule has 1 heterocycles. The average Bonchev–Trinajstić information content (AvgIpc) is 2.42. The van der Waals surface area contributed by atoms with Crippen LogP contribution < -0.4 is 4.74 Å². The van der Waals surface area contributed by atoms with E-state index in [2.05, 4.69) is 30.0 Å². The lowest BCUT2D eigenvalue weighted by molar-refractivity contribution is 0.169. The van der Waals surface area contributed by atoms with Crippen LogP contribution in [0.3, 0.4) is 0 Å². The molecule has 0 radical (unpaired) electrons. The van der Waals surface area contributed by atoms with Crippen LogP contribution in [0.1, 0.15) is 18.4 Å². The van der Waals surface area contributed by atoms with Gasteiger partial charge in [0.25, 0.3) is 0 Å². The Labute approximate surface area is 109 Å². The quantitative estimate of drug-likeness (QED) is 0.817. The molecule has 96 valence electrons. The Morgan fingerprint density at radius 3 is 2.56 bits per heavy atom. The van der Waals surface area contributed by atoms with Crippen molar-refractivity contribution in [1.29, 1.82) is 5.26 Å². The van der Waals surface area contributed by atoms with Crippen LogP contribution in [0, 0.1) is 24.2 Å². The molecule has 0 aliphatic carbocycles. The molecule has 0 unspecified atom stereocenters. The Balaban J connectivity index is 1.67. The second-order valence-electron chi connectivity index (χ2n) is 4.91. The fourth-order valence-corrected chi connectivity index (χ4v) is 2.21. The summed E-state index contributed by atoms with van der Waals surface area (Å²) in [5.74, 6) is 1.20. The highest BCUT2D eigenvalue weighted by molar-refractivity contribution is 5.26. The van der Waals surface area contributed by atoms with E-state index < -0.39 is 0 Å². The van der Waals surface area contributed by atoms with Crippen LogP contribution >= 0.6 is 0 Å². The Kier molecular flexibility index (Phi) is 4.60. The number of rotatable bonds is 4. The van der Waals surface area contributed by atoms with Gasteiger partial charge < -0.3 is 4.74 Å². The molecule has 0 N–H and O–H groups in total. The number of hydrogen-bond donors (Lipinski definition) is 0. The molecule has 2 rings (SSSR count). The van der Waals surface area contributed by atoms with E-state index in [1.54, 1.807) is 0 Å². The van der Waals surface area contributed by atoms with Gasteiger partial charge in [-0.15, -0.1) is 0 Å². The highest BCUT2D eigenvalue weighted by Gasteiger charge is 2.18. The Morgan fingerprint density at radius 2 is 1.94 bits per heavy atom. The van der Waals surface area contributed by atoms with Crippen molar-refractivity contribution >= 4 is 0 Å². The van der Waals surface area contributed by atoms with Crippen molar-refractivity contribution in [2.75, 3.05) is 26.2 Å². The molecule has 1 saturated heterocycles. The minimum atomic E-state index is 0.263. The number of piperidine rings is 1. The molecule has 0 saturated carbocycles. The molecule has 0 spiro atoms. The Bertz CT molecular complexity index is 399. The third-order valence-electron chi connectivity index (χ3n) is 3.47. The fourth-order valence-electron chi connectivity index (χ4n) is 2.21. The van der Waals surface area contributed by atoms with Gasteiger partial charge in [-0.3, -0.25) is 4.90 Å². The number of hydrogen-bond acceptors (Lipinski definition) is 3. The molecule has 0 atom stereocenters. The van der Waals surface area contributed by atoms with Gasteiger partial charge in [0, 0.05) is 12.5 Å². The van der Waals surface area contributed by atoms with Crippen molar-refractivity contribution in [2.24, 2.45) is 5.92 Å². The fraction of sp³-hybridized carbons (Fsp3) is 0.533. The third-order valence-corrected chi connectivity index (χ3v) is 3.47. The minimum Gasteiger partial charge on any atom is -0.492 e. The van der Waals surface area contributed by atoms with Crippen molar-refractivity contribution in [3.63, 3.8) is 0 Å². The van der Waals surface area contributed by atoms with Gasteiger partial charge in [-0.25, -0.2) is 0 Å². The number of benzene rings is 1. The second kappa shape index (κ2) is 6.42. The molecule has 3 nitrogen and oxygen atoms in total. The van der Waals surface area contributed by atoms with Gasteiger partial charge in [-0.05, 0) is 45.0 Å². The summed E-state index contributed by atoms with van der Waals surface area (Å²) in [6, 6.07) is 10.5. The monoisotopic (exact) mass is 244 g/mol. The third kappa shape index (κ3) is 3.75. The first-order valence-corrected chi connectivity index (χ1v) is 6.59. The first-order chi connectivity index (χ1) is 8.78. The van der Waals surface area contributed by atoms with Gasteiger partial charge >= 0.3 is 0 Å². The zero-order valence-electron chi connectivity index (χ0n) is 10.9. The topological polar surface area (TPSA) is 36.3 Å². The SMILES string of the molecule is Cc1ccc(OCCN2CCC(C#N)CC2)cc1. The Hall–Kier alpha value is -1.53. The molecule has 1 aliphatic rings. The average molecular weight is 244 g/mol. The molecule has 1 fully saturated rings. The maximum Gasteiger partial charge on any atom is 0.119 e. The van der Waals surface area contributed by atoms with Crippen molar-refractivity contribution in [3.8, 4) is 11.8 Å². The zero-order chi connectivity index (χ0) is 12.8. The smallest absolute Gasteiger partial charge is 0.119 e. The largest absolute Gasteiger partial charge is 0.492 e. The minimum absolute atomic E-state index is 0.263. The number of nitrogens with zero attached hydrogens (tertiary/aromatic N) is 2. The highest BCUT2D eigenvalue weighted by Crippen LogP contribution is 2.16. The number of ether oxygens (including phenoxy) is 1. The van der Waals surface area contributed by atoms with Gasteiger partial charge in [0.1, 0.15) is 12.4 Å². The normalized spacial score (nSPS) is 17.3. The van der Waals surface area contributed by atoms with E-state index >= 15 is 0 Å². The van der Waals surface area contributed by atoms with Gasteiger partial charge in [0.15, 0.2) is 0 Å². The van der Waals surface area contributed by atoms with Gasteiger partial charge in [-0.2, -0.15) is 5.26 Å². The van der Waals surface area contributed by atoms with E-state index in [1.165, 1.54) is 5.56 Å². The summed E-state index contributed by atoms with van der Waals surface area (Å²) in [4.78, 5) is 2.38. The van der Waals surface area contributed by atoms with Gasteiger partial charge in [0.2, 0.25) is 0 Å². The summed E-state index contributed by atoms with van der Waals surface area (Å²) in [6.07, 6.45) is 2.00. The summed E-state index contributed by atoms with van der Waals surface area (Å²) in [5, 5.41) is 8.83. The molecule has 0 bridgehead atoms. The summed E-state index contributed by atoms with van der Waals surface area (Å²) in [6.45, 7) is 5.79. The van der Waals surface area contributed by atoms with Crippen LogP contribution in [0.25, 0.3) is 0 Å². The van der Waals surface area contributed by atoms with E-state index in [1.807, 2.05) is 12.1 Å². The molecular formula is C15H20N2O. The Morgan fingerprint density at radius 1 is 1.28 bits per heavy atom. The predicted molar refractivity (Wildman–Crippen MR) is 71.5 cm³/mol. The van der Waals surface area contributed by atoms with E-state index in [9.17, 15) is 0 Å². The van der Waals surface area contributed by atoms with E-state index in [-0.39, 0.29) is 5.92 Å². The van der Waals surface area contributed by atoms with Crippen molar-refractivity contribution in [3.05, 3.63) is 29.8 Å². The molecule has 18 heavy (non-hydrogen) atoms. The zero-order valence-corrected chi connectivity index (χ0v) is 10.9. The standard InChI is InChI=1S/C15H20N2O/c1-13-2-4-15(5-3-13)18-11-10-17-8-6-14(12-16)7-9-17/h2-5,14H,6-11H2,1H3. The van der Waals surface area contributed by atoms with Crippen LogP contribution in [0.15, 0.2) is 24.3 Å². The highest BCUT2D eigenvalue weighted by atomic mass is 16.5. The van der Waals surface area contributed by atoms with E-state index in [4.69, 9.17) is 10.00 Å².